The summed E-state index contributed by atoms with van der Waals surface area (Å²) in [5.41, 5.74) is 3.27. The normalized spacial score (nSPS) is 17.0. The van der Waals surface area contributed by atoms with Crippen LogP contribution in [0.15, 0.2) is 47.5 Å². The second-order valence-electron chi connectivity index (χ2n) is 5.00. The van der Waals surface area contributed by atoms with E-state index in [1.807, 2.05) is 24.3 Å². The fourth-order valence-corrected chi connectivity index (χ4v) is 2.42. The number of carbonyl (C=O) groups is 1. The van der Waals surface area contributed by atoms with Crippen molar-refractivity contribution in [3.63, 3.8) is 0 Å². The fourth-order valence-electron chi connectivity index (χ4n) is 2.42. The van der Waals surface area contributed by atoms with Gasteiger partial charge in [0.05, 0.1) is 5.69 Å². The van der Waals surface area contributed by atoms with Gasteiger partial charge in [-0.15, -0.1) is 0 Å². The maximum absolute atomic E-state index is 13.3. The summed E-state index contributed by atoms with van der Waals surface area (Å²) in [5, 5.41) is 2.74. The lowest BCUT2D eigenvalue weighted by Crippen LogP contribution is -2.12. The summed E-state index contributed by atoms with van der Waals surface area (Å²) in [7, 11) is 0. The number of hydrogen-bond acceptors (Lipinski definition) is 2. The van der Waals surface area contributed by atoms with Crippen molar-refractivity contribution in [1.29, 1.82) is 0 Å². The maximum atomic E-state index is 13.3. The van der Waals surface area contributed by atoms with E-state index in [0.717, 1.165) is 12.1 Å². The number of fused-ring (bicyclic) bond motifs is 1. The molecule has 1 aliphatic heterocycles. The number of anilines is 1. The van der Waals surface area contributed by atoms with Crippen molar-refractivity contribution in [2.24, 2.45) is 4.99 Å². The molecule has 1 N–H and O–H groups in total. The largest absolute Gasteiger partial charge is 0.325 e. The van der Waals surface area contributed by atoms with Crippen LogP contribution in [0.3, 0.4) is 0 Å². The van der Waals surface area contributed by atoms with Crippen LogP contribution in [0.2, 0.25) is 0 Å². The highest BCUT2D eigenvalue weighted by atomic mass is 19.1. The minimum atomic E-state index is -0.541. The molecule has 0 fully saturated rings. The number of halogens is 1. The number of nitrogens with zero attached hydrogens (tertiary/aromatic N) is 1. The molecule has 3 nitrogen and oxygen atoms in total. The maximum Gasteiger partial charge on any atom is 0.237 e. The molecule has 4 heteroatoms. The number of amides is 1. The molecule has 0 aliphatic carbocycles. The number of aryl methyl sites for hydroxylation is 1. The highest BCUT2D eigenvalue weighted by Gasteiger charge is 2.29. The Morgan fingerprint density at radius 2 is 2.14 bits per heavy atom. The molecular formula is C17H15FN2O. The summed E-state index contributed by atoms with van der Waals surface area (Å²) in [6.07, 6.45) is 2.51. The summed E-state index contributed by atoms with van der Waals surface area (Å²) in [6.45, 7) is 2.08. The first-order chi connectivity index (χ1) is 10.2. The molecule has 0 bridgehead atoms. The summed E-state index contributed by atoms with van der Waals surface area (Å²) in [4.78, 5) is 16.3. The molecule has 0 radical (unpaired) electrons. The first kappa shape index (κ1) is 13.5. The Morgan fingerprint density at radius 3 is 2.95 bits per heavy atom. The predicted octanol–water partition coefficient (Wildman–Crippen LogP) is 3.83. The lowest BCUT2D eigenvalue weighted by Gasteiger charge is -2.03. The van der Waals surface area contributed by atoms with Crippen molar-refractivity contribution in [2.45, 2.75) is 19.3 Å². The van der Waals surface area contributed by atoms with Gasteiger partial charge in [0.25, 0.3) is 0 Å². The zero-order chi connectivity index (χ0) is 14.8. The first-order valence-corrected chi connectivity index (χ1v) is 6.91. The number of aliphatic imine (C=N–C) groups is 1. The average Bonchev–Trinajstić information content (AvgIpc) is 2.80. The Morgan fingerprint density at radius 1 is 1.29 bits per heavy atom. The Hall–Kier alpha value is -2.49. The van der Waals surface area contributed by atoms with E-state index in [-0.39, 0.29) is 11.7 Å². The lowest BCUT2D eigenvalue weighted by molar-refractivity contribution is -0.115. The number of carbonyl (C=O) groups excluding carboxylic acids is 1. The van der Waals surface area contributed by atoms with E-state index >= 15 is 0 Å². The van der Waals surface area contributed by atoms with Gasteiger partial charge in [-0.2, -0.15) is 0 Å². The van der Waals surface area contributed by atoms with Crippen LogP contribution in [0, 0.1) is 5.82 Å². The van der Waals surface area contributed by atoms with E-state index in [4.69, 9.17) is 0 Å². The lowest BCUT2D eigenvalue weighted by atomic mass is 10.0. The molecule has 0 spiro atoms. The molecule has 1 heterocycles. The monoisotopic (exact) mass is 282 g/mol. The van der Waals surface area contributed by atoms with Crippen LogP contribution in [0.25, 0.3) is 0 Å². The van der Waals surface area contributed by atoms with Gasteiger partial charge < -0.3 is 5.32 Å². The second-order valence-corrected chi connectivity index (χ2v) is 5.00. The van der Waals surface area contributed by atoms with Crippen molar-refractivity contribution >= 4 is 23.5 Å². The van der Waals surface area contributed by atoms with Gasteiger partial charge in [-0.05, 0) is 47.9 Å². The van der Waals surface area contributed by atoms with Crippen LogP contribution in [-0.2, 0) is 11.2 Å². The van der Waals surface area contributed by atoms with E-state index in [0.29, 0.717) is 11.3 Å². The quantitative estimate of drug-likeness (QED) is 0.854. The Balaban J connectivity index is 1.89. The zero-order valence-corrected chi connectivity index (χ0v) is 11.6. The van der Waals surface area contributed by atoms with Gasteiger partial charge in [0.2, 0.25) is 5.91 Å². The third-order valence-electron chi connectivity index (χ3n) is 3.58. The standard InChI is InChI=1S/C17H15FN2O/c1-2-11-4-3-5-13(8-11)19-10-15-14-9-12(18)6-7-16(14)20-17(15)21/h3-10,15H,2H2,1H3,(H,20,21). The van der Waals surface area contributed by atoms with Crippen LogP contribution < -0.4 is 5.32 Å². The van der Waals surface area contributed by atoms with Gasteiger partial charge in [-0.1, -0.05) is 19.1 Å². The number of rotatable bonds is 3. The van der Waals surface area contributed by atoms with E-state index in [9.17, 15) is 9.18 Å². The highest BCUT2D eigenvalue weighted by Crippen LogP contribution is 2.32. The summed E-state index contributed by atoms with van der Waals surface area (Å²) >= 11 is 0. The van der Waals surface area contributed by atoms with Crippen molar-refractivity contribution in [1.82, 2.24) is 0 Å². The molecule has 1 atom stereocenters. The molecule has 106 valence electrons. The minimum Gasteiger partial charge on any atom is -0.325 e. The number of benzene rings is 2. The Labute approximate surface area is 122 Å². The van der Waals surface area contributed by atoms with Gasteiger partial charge >= 0.3 is 0 Å². The topological polar surface area (TPSA) is 41.5 Å². The average molecular weight is 282 g/mol. The van der Waals surface area contributed by atoms with E-state index in [1.165, 1.54) is 17.7 Å². The third kappa shape index (κ3) is 2.70. The number of nitrogens with one attached hydrogen (secondary N) is 1. The van der Waals surface area contributed by atoms with Crippen LogP contribution in [0.4, 0.5) is 15.8 Å². The molecule has 0 saturated heterocycles. The van der Waals surface area contributed by atoms with Gasteiger partial charge in [0.15, 0.2) is 0 Å². The molecule has 3 rings (SSSR count). The van der Waals surface area contributed by atoms with E-state index in [2.05, 4.69) is 17.2 Å². The molecule has 1 amide bonds. The van der Waals surface area contributed by atoms with Crippen LogP contribution in [0.1, 0.15) is 24.0 Å². The summed E-state index contributed by atoms with van der Waals surface area (Å²) < 4.78 is 13.3. The van der Waals surface area contributed by atoms with Gasteiger partial charge in [0, 0.05) is 11.9 Å². The SMILES string of the molecule is CCc1cccc(N=CC2C(=O)Nc3ccc(F)cc32)c1. The molecule has 2 aromatic rings. The highest BCUT2D eigenvalue weighted by molar-refractivity contribution is 6.12. The zero-order valence-electron chi connectivity index (χ0n) is 11.6. The van der Waals surface area contributed by atoms with Crippen molar-refractivity contribution in [3.8, 4) is 0 Å². The first-order valence-electron chi connectivity index (χ1n) is 6.91. The molecule has 21 heavy (non-hydrogen) atoms. The van der Waals surface area contributed by atoms with Crippen LogP contribution >= 0.6 is 0 Å². The molecule has 1 unspecified atom stereocenters. The Bertz CT molecular complexity index is 724. The van der Waals surface area contributed by atoms with Crippen molar-refractivity contribution in [3.05, 3.63) is 59.4 Å². The molecular weight excluding hydrogens is 267 g/mol. The van der Waals surface area contributed by atoms with Gasteiger partial charge in [-0.3, -0.25) is 9.79 Å². The van der Waals surface area contributed by atoms with Gasteiger partial charge in [-0.25, -0.2) is 4.39 Å². The van der Waals surface area contributed by atoms with E-state index in [1.54, 1.807) is 12.3 Å². The third-order valence-corrected chi connectivity index (χ3v) is 3.58. The smallest absolute Gasteiger partial charge is 0.237 e. The molecule has 1 aliphatic rings. The molecule has 0 saturated carbocycles. The summed E-state index contributed by atoms with van der Waals surface area (Å²) in [6, 6.07) is 12.1. The predicted molar refractivity (Wildman–Crippen MR) is 81.7 cm³/mol. The molecule has 0 aromatic heterocycles. The second kappa shape index (κ2) is 5.48. The summed E-state index contributed by atoms with van der Waals surface area (Å²) in [5.74, 6) is -1.07. The minimum absolute atomic E-state index is 0.175. The number of hydrogen-bond donors (Lipinski definition) is 1. The Kier molecular flexibility index (Phi) is 3.52. The van der Waals surface area contributed by atoms with Crippen molar-refractivity contribution < 1.29 is 9.18 Å². The van der Waals surface area contributed by atoms with Crippen molar-refractivity contribution in [2.75, 3.05) is 5.32 Å². The van der Waals surface area contributed by atoms with E-state index < -0.39 is 5.92 Å². The molecule has 2 aromatic carbocycles. The van der Waals surface area contributed by atoms with Crippen LogP contribution in [0.5, 0.6) is 0 Å². The van der Waals surface area contributed by atoms with Crippen LogP contribution in [-0.4, -0.2) is 12.1 Å². The fraction of sp³-hybridized carbons (Fsp3) is 0.176. The van der Waals surface area contributed by atoms with Gasteiger partial charge in [0.1, 0.15) is 11.7 Å².